The summed E-state index contributed by atoms with van der Waals surface area (Å²) >= 11 is 0. The van der Waals surface area contributed by atoms with Crippen LogP contribution in [0.25, 0.3) is 0 Å². The van der Waals surface area contributed by atoms with Crippen LogP contribution in [0.15, 0.2) is 42.6 Å². The average Bonchev–Trinajstić information content (AvgIpc) is 2.93. The lowest BCUT2D eigenvalue weighted by Crippen LogP contribution is -2.51. The van der Waals surface area contributed by atoms with Crippen molar-refractivity contribution in [1.82, 2.24) is 14.8 Å². The van der Waals surface area contributed by atoms with Gasteiger partial charge < -0.3 is 9.88 Å². The van der Waals surface area contributed by atoms with Gasteiger partial charge in [0, 0.05) is 38.6 Å². The van der Waals surface area contributed by atoms with Crippen LogP contribution in [-0.2, 0) is 31.4 Å². The van der Waals surface area contributed by atoms with Crippen LogP contribution in [-0.4, -0.2) is 28.5 Å². The number of hydrogen-bond donors (Lipinski definition) is 1. The predicted molar refractivity (Wildman–Crippen MR) is 94.3 cm³/mol. The van der Waals surface area contributed by atoms with E-state index in [4.69, 9.17) is 0 Å². The average molecular weight is 323 g/mol. The van der Waals surface area contributed by atoms with Gasteiger partial charge in [-0.15, -0.1) is 0 Å². The molecule has 4 nitrogen and oxygen atoms in total. The zero-order valence-electron chi connectivity index (χ0n) is 14.3. The van der Waals surface area contributed by atoms with Crippen molar-refractivity contribution < 1.29 is 4.79 Å². The summed E-state index contributed by atoms with van der Waals surface area (Å²) in [4.78, 5) is 15.4. The largest absolute Gasteiger partial charge is 0.353 e. The second-order valence-corrected chi connectivity index (χ2v) is 7.33. The van der Waals surface area contributed by atoms with E-state index >= 15 is 0 Å². The molecule has 3 heterocycles. The van der Waals surface area contributed by atoms with E-state index in [0.717, 1.165) is 38.9 Å². The van der Waals surface area contributed by atoms with Gasteiger partial charge >= 0.3 is 0 Å². The smallest absolute Gasteiger partial charge is 0.228 e. The van der Waals surface area contributed by atoms with E-state index in [1.165, 1.54) is 16.8 Å². The number of aryl methyl sites for hydroxylation is 1. The van der Waals surface area contributed by atoms with Crippen LogP contribution in [0.2, 0.25) is 0 Å². The molecule has 0 saturated carbocycles. The third-order valence-electron chi connectivity index (χ3n) is 5.66. The maximum absolute atomic E-state index is 12.9. The number of carbonyl (C=O) groups excluding carboxylic acids is 1. The molecular weight excluding hydrogens is 298 g/mol. The Morgan fingerprint density at radius 3 is 2.79 bits per heavy atom. The molecule has 1 atom stereocenters. The van der Waals surface area contributed by atoms with Crippen LogP contribution in [0.5, 0.6) is 0 Å². The van der Waals surface area contributed by atoms with E-state index in [2.05, 4.69) is 64.4 Å². The van der Waals surface area contributed by atoms with Crippen LogP contribution >= 0.6 is 0 Å². The molecule has 1 spiro atoms. The van der Waals surface area contributed by atoms with Gasteiger partial charge in [0.1, 0.15) is 0 Å². The van der Waals surface area contributed by atoms with Crippen LogP contribution in [0, 0.1) is 5.41 Å². The second kappa shape index (κ2) is 6.10. The Labute approximate surface area is 143 Å². The van der Waals surface area contributed by atoms with Crippen molar-refractivity contribution in [2.75, 3.05) is 13.1 Å². The molecule has 1 N–H and O–H groups in total. The third kappa shape index (κ3) is 2.75. The number of nitrogens with zero attached hydrogens (tertiary/aromatic N) is 2. The molecule has 2 aliphatic rings. The summed E-state index contributed by atoms with van der Waals surface area (Å²) in [6, 6.07) is 12.7. The Bertz CT molecular complexity index is 751. The van der Waals surface area contributed by atoms with E-state index in [9.17, 15) is 4.79 Å². The van der Waals surface area contributed by atoms with Crippen LogP contribution in [0.3, 0.4) is 0 Å². The molecule has 4 rings (SSSR count). The van der Waals surface area contributed by atoms with E-state index in [-0.39, 0.29) is 11.3 Å². The van der Waals surface area contributed by atoms with Crippen molar-refractivity contribution in [2.24, 2.45) is 12.5 Å². The molecule has 2 aromatic rings. The fraction of sp³-hybridized carbons (Fsp3) is 0.450. The Morgan fingerprint density at radius 2 is 2.00 bits per heavy atom. The van der Waals surface area contributed by atoms with Gasteiger partial charge in [0.15, 0.2) is 0 Å². The number of fused-ring (bicyclic) bond motifs is 1. The minimum Gasteiger partial charge on any atom is -0.353 e. The van der Waals surface area contributed by atoms with Crippen LogP contribution in [0.4, 0.5) is 0 Å². The maximum Gasteiger partial charge on any atom is 0.228 e. The van der Waals surface area contributed by atoms with Gasteiger partial charge in [0.05, 0.1) is 5.41 Å². The normalized spacial score (nSPS) is 24.5. The molecule has 1 aromatic heterocycles. The molecule has 1 amide bonds. The standard InChI is InChI=1S/C20H25N3O/c1-22-10-4-8-18(22)14-23-11-5-9-20(15-23)12-16-6-2-3-7-17(16)13-21-19(20)24/h2-4,6-8,10H,5,9,11-15H2,1H3,(H,21,24). The highest BCUT2D eigenvalue weighted by atomic mass is 16.2. The van der Waals surface area contributed by atoms with E-state index in [0.29, 0.717) is 6.54 Å². The molecule has 1 unspecified atom stereocenters. The number of aromatic nitrogens is 1. The number of benzene rings is 1. The highest BCUT2D eigenvalue weighted by Crippen LogP contribution is 2.37. The van der Waals surface area contributed by atoms with Crippen molar-refractivity contribution in [3.63, 3.8) is 0 Å². The summed E-state index contributed by atoms with van der Waals surface area (Å²) in [5, 5.41) is 3.18. The van der Waals surface area contributed by atoms with Crippen molar-refractivity contribution >= 4 is 5.91 Å². The summed E-state index contributed by atoms with van der Waals surface area (Å²) in [6.45, 7) is 3.49. The predicted octanol–water partition coefficient (Wildman–Crippen LogP) is 2.48. The monoisotopic (exact) mass is 323 g/mol. The Morgan fingerprint density at radius 1 is 1.17 bits per heavy atom. The number of nitrogens with one attached hydrogen (secondary N) is 1. The molecule has 4 heteroatoms. The first-order valence-corrected chi connectivity index (χ1v) is 8.84. The van der Waals surface area contributed by atoms with E-state index in [1.807, 2.05) is 0 Å². The minimum atomic E-state index is -0.282. The molecule has 1 saturated heterocycles. The quantitative estimate of drug-likeness (QED) is 0.922. The number of likely N-dealkylation sites (tertiary alicyclic amines) is 1. The fourth-order valence-electron chi connectivity index (χ4n) is 4.29. The molecule has 1 fully saturated rings. The fourth-order valence-corrected chi connectivity index (χ4v) is 4.29. The summed E-state index contributed by atoms with van der Waals surface area (Å²) in [6.07, 6.45) is 5.01. The van der Waals surface area contributed by atoms with E-state index in [1.54, 1.807) is 0 Å². The first-order chi connectivity index (χ1) is 11.7. The molecule has 126 valence electrons. The summed E-state index contributed by atoms with van der Waals surface area (Å²) in [7, 11) is 2.09. The molecule has 24 heavy (non-hydrogen) atoms. The van der Waals surface area contributed by atoms with Gasteiger partial charge in [-0.2, -0.15) is 0 Å². The lowest BCUT2D eigenvalue weighted by Gasteiger charge is -2.41. The summed E-state index contributed by atoms with van der Waals surface area (Å²) in [5.74, 6) is 0.232. The van der Waals surface area contributed by atoms with Crippen LogP contribution in [0.1, 0.15) is 29.7 Å². The van der Waals surface area contributed by atoms with Gasteiger partial charge in [0.25, 0.3) is 0 Å². The van der Waals surface area contributed by atoms with Gasteiger partial charge in [-0.25, -0.2) is 0 Å². The summed E-state index contributed by atoms with van der Waals surface area (Å²) in [5.41, 5.74) is 3.62. The lowest BCUT2D eigenvalue weighted by atomic mass is 9.74. The highest BCUT2D eigenvalue weighted by Gasteiger charge is 2.43. The number of piperidine rings is 1. The lowest BCUT2D eigenvalue weighted by molar-refractivity contribution is -0.134. The maximum atomic E-state index is 12.9. The third-order valence-corrected chi connectivity index (χ3v) is 5.66. The molecular formula is C20H25N3O. The van der Waals surface area contributed by atoms with Gasteiger partial charge in [-0.1, -0.05) is 24.3 Å². The molecule has 0 aliphatic carbocycles. The topological polar surface area (TPSA) is 37.3 Å². The van der Waals surface area contributed by atoms with Gasteiger partial charge in [-0.3, -0.25) is 9.69 Å². The second-order valence-electron chi connectivity index (χ2n) is 7.33. The molecule has 0 bridgehead atoms. The van der Waals surface area contributed by atoms with Gasteiger partial charge in [-0.05, 0) is 49.1 Å². The first kappa shape index (κ1) is 15.5. The van der Waals surface area contributed by atoms with Gasteiger partial charge in [0.2, 0.25) is 5.91 Å². The number of carbonyl (C=O) groups is 1. The Balaban J connectivity index is 1.59. The Hall–Kier alpha value is -2.07. The number of rotatable bonds is 2. The molecule has 1 aromatic carbocycles. The Kier molecular flexibility index (Phi) is 3.93. The summed E-state index contributed by atoms with van der Waals surface area (Å²) < 4.78 is 2.17. The zero-order chi connectivity index (χ0) is 16.6. The van der Waals surface area contributed by atoms with E-state index < -0.39 is 0 Å². The van der Waals surface area contributed by atoms with Crippen molar-refractivity contribution in [3.8, 4) is 0 Å². The minimum absolute atomic E-state index is 0.232. The highest BCUT2D eigenvalue weighted by molar-refractivity contribution is 5.84. The van der Waals surface area contributed by atoms with Crippen molar-refractivity contribution in [1.29, 1.82) is 0 Å². The van der Waals surface area contributed by atoms with Crippen LogP contribution < -0.4 is 5.32 Å². The first-order valence-electron chi connectivity index (χ1n) is 8.84. The zero-order valence-corrected chi connectivity index (χ0v) is 14.3. The molecule has 2 aliphatic heterocycles. The number of hydrogen-bond acceptors (Lipinski definition) is 2. The van der Waals surface area contributed by atoms with Crippen molar-refractivity contribution in [3.05, 3.63) is 59.4 Å². The molecule has 0 radical (unpaired) electrons. The van der Waals surface area contributed by atoms with Crippen molar-refractivity contribution in [2.45, 2.75) is 32.4 Å². The number of amides is 1. The SMILES string of the molecule is Cn1cccc1CN1CCCC2(Cc3ccccc3CNC2=O)C1.